The third kappa shape index (κ3) is 3.27. The molecule has 0 atom stereocenters. The van der Waals surface area contributed by atoms with Crippen molar-refractivity contribution in [3.63, 3.8) is 0 Å². The Morgan fingerprint density at radius 2 is 2.00 bits per heavy atom. The van der Waals surface area contributed by atoms with E-state index in [1.54, 1.807) is 12.1 Å². The Morgan fingerprint density at radius 3 is 2.60 bits per heavy atom. The highest BCUT2D eigenvalue weighted by atomic mass is 79.9. The smallest absolute Gasteiger partial charge is 0.291 e. The van der Waals surface area contributed by atoms with E-state index in [0.717, 1.165) is 0 Å². The van der Waals surface area contributed by atoms with Crippen molar-refractivity contribution >= 4 is 37.5 Å². The lowest BCUT2D eigenvalue weighted by Gasteiger charge is -2.06. The molecule has 2 N–H and O–H groups in total. The van der Waals surface area contributed by atoms with Crippen molar-refractivity contribution in [2.24, 2.45) is 0 Å². The molecule has 0 saturated carbocycles. The van der Waals surface area contributed by atoms with Crippen LogP contribution < -0.4 is 10.0 Å². The van der Waals surface area contributed by atoms with Crippen LogP contribution >= 0.6 is 15.9 Å². The number of carbonyl (C=O) groups is 1. The zero-order chi connectivity index (χ0) is 14.8. The van der Waals surface area contributed by atoms with E-state index in [9.17, 15) is 13.2 Å². The van der Waals surface area contributed by atoms with Gasteiger partial charge < -0.3 is 9.73 Å². The van der Waals surface area contributed by atoms with Gasteiger partial charge >= 0.3 is 0 Å². The van der Waals surface area contributed by atoms with Crippen LogP contribution in [-0.2, 0) is 10.0 Å². The van der Waals surface area contributed by atoms with Crippen molar-refractivity contribution in [1.82, 2.24) is 4.72 Å². The van der Waals surface area contributed by atoms with Crippen LogP contribution in [0.25, 0.3) is 0 Å². The molecule has 0 unspecified atom stereocenters. The fourth-order valence-corrected chi connectivity index (χ4v) is 2.57. The van der Waals surface area contributed by atoms with Crippen LogP contribution in [0.2, 0.25) is 0 Å². The maximum Gasteiger partial charge on any atom is 0.291 e. The molecule has 0 saturated heterocycles. The van der Waals surface area contributed by atoms with Gasteiger partial charge in [-0.25, -0.2) is 13.1 Å². The molecule has 106 valence electrons. The van der Waals surface area contributed by atoms with Crippen LogP contribution in [0.1, 0.15) is 10.6 Å². The van der Waals surface area contributed by atoms with E-state index in [1.165, 1.54) is 31.3 Å². The molecule has 6 nitrogen and oxygen atoms in total. The lowest BCUT2D eigenvalue weighted by Crippen LogP contribution is -2.19. The SMILES string of the molecule is CNS(=O)(=O)c1cccc(NC(=O)c2ccc(Br)o2)c1. The van der Waals surface area contributed by atoms with Gasteiger partial charge in [0.25, 0.3) is 5.91 Å². The molecule has 1 aromatic heterocycles. The number of carbonyl (C=O) groups excluding carboxylic acids is 1. The van der Waals surface area contributed by atoms with Gasteiger partial charge in [0, 0.05) is 5.69 Å². The maximum atomic E-state index is 11.9. The van der Waals surface area contributed by atoms with Crippen LogP contribution in [0.3, 0.4) is 0 Å². The summed E-state index contributed by atoms with van der Waals surface area (Å²) in [7, 11) is -2.23. The number of amides is 1. The Bertz CT molecular complexity index is 739. The molecular weight excluding hydrogens is 348 g/mol. The summed E-state index contributed by atoms with van der Waals surface area (Å²) in [5, 5.41) is 2.56. The molecule has 2 rings (SSSR count). The number of anilines is 1. The van der Waals surface area contributed by atoms with Gasteiger partial charge in [0.1, 0.15) is 0 Å². The van der Waals surface area contributed by atoms with Gasteiger partial charge in [-0.2, -0.15) is 0 Å². The minimum absolute atomic E-state index is 0.0680. The standard InChI is InChI=1S/C12H11BrN2O4S/c1-14-20(17,18)9-4-2-3-8(7-9)15-12(16)10-5-6-11(13)19-10/h2-7,14H,1H3,(H,15,16). The highest BCUT2D eigenvalue weighted by Gasteiger charge is 2.14. The second-order valence-corrected chi connectivity index (χ2v) is 6.46. The van der Waals surface area contributed by atoms with Crippen molar-refractivity contribution in [1.29, 1.82) is 0 Å². The Labute approximate surface area is 124 Å². The van der Waals surface area contributed by atoms with Gasteiger partial charge in [0.15, 0.2) is 10.4 Å². The summed E-state index contributed by atoms with van der Waals surface area (Å²) in [6.45, 7) is 0. The topological polar surface area (TPSA) is 88.4 Å². The molecule has 1 heterocycles. The first-order valence-corrected chi connectivity index (χ1v) is 7.80. The second kappa shape index (κ2) is 5.78. The van der Waals surface area contributed by atoms with E-state index in [4.69, 9.17) is 4.42 Å². The lowest BCUT2D eigenvalue weighted by atomic mass is 10.3. The number of rotatable bonds is 4. The second-order valence-electron chi connectivity index (χ2n) is 3.79. The van der Waals surface area contributed by atoms with Crippen LogP contribution in [0, 0.1) is 0 Å². The summed E-state index contributed by atoms with van der Waals surface area (Å²) in [5.74, 6) is -0.339. The van der Waals surface area contributed by atoms with Crippen molar-refractivity contribution in [2.45, 2.75) is 4.90 Å². The molecule has 0 spiro atoms. The Morgan fingerprint density at radius 1 is 1.25 bits per heavy atom. The number of sulfonamides is 1. The molecule has 1 aromatic carbocycles. The van der Waals surface area contributed by atoms with E-state index >= 15 is 0 Å². The molecule has 2 aromatic rings. The van der Waals surface area contributed by atoms with Gasteiger partial charge in [0.2, 0.25) is 10.0 Å². The molecule has 0 fully saturated rings. The maximum absolute atomic E-state index is 11.9. The number of hydrogen-bond acceptors (Lipinski definition) is 4. The summed E-state index contributed by atoms with van der Waals surface area (Å²) in [6.07, 6.45) is 0. The Balaban J connectivity index is 2.23. The first-order chi connectivity index (χ1) is 9.42. The molecule has 0 aliphatic carbocycles. The van der Waals surface area contributed by atoms with Gasteiger partial charge in [-0.15, -0.1) is 0 Å². The minimum Gasteiger partial charge on any atom is -0.444 e. The van der Waals surface area contributed by atoms with Crippen LogP contribution in [0.4, 0.5) is 5.69 Å². The van der Waals surface area contributed by atoms with Gasteiger partial charge in [-0.3, -0.25) is 4.79 Å². The quantitative estimate of drug-likeness (QED) is 0.876. The third-order valence-electron chi connectivity index (χ3n) is 2.47. The van der Waals surface area contributed by atoms with Gasteiger partial charge in [0.05, 0.1) is 4.90 Å². The number of benzene rings is 1. The van der Waals surface area contributed by atoms with Crippen LogP contribution in [-0.4, -0.2) is 21.4 Å². The number of halogens is 1. The number of hydrogen-bond donors (Lipinski definition) is 2. The van der Waals surface area contributed by atoms with Gasteiger partial charge in [-0.05, 0) is 53.3 Å². The van der Waals surface area contributed by atoms with E-state index < -0.39 is 15.9 Å². The van der Waals surface area contributed by atoms with E-state index in [1.807, 2.05) is 0 Å². The van der Waals surface area contributed by atoms with Gasteiger partial charge in [-0.1, -0.05) is 6.07 Å². The van der Waals surface area contributed by atoms with Crippen molar-refractivity contribution < 1.29 is 17.6 Å². The fourth-order valence-electron chi connectivity index (χ4n) is 1.49. The molecule has 1 amide bonds. The fraction of sp³-hybridized carbons (Fsp3) is 0.0833. The molecule has 0 bridgehead atoms. The Hall–Kier alpha value is -1.64. The summed E-state index contributed by atoms with van der Waals surface area (Å²) in [5.41, 5.74) is 0.360. The number of furan rings is 1. The largest absolute Gasteiger partial charge is 0.444 e. The van der Waals surface area contributed by atoms with Crippen molar-refractivity contribution in [2.75, 3.05) is 12.4 Å². The highest BCUT2D eigenvalue weighted by Crippen LogP contribution is 2.18. The summed E-state index contributed by atoms with van der Waals surface area (Å²) in [6, 6.07) is 9.03. The Kier molecular flexibility index (Phi) is 4.26. The minimum atomic E-state index is -3.55. The highest BCUT2D eigenvalue weighted by molar-refractivity contribution is 9.10. The van der Waals surface area contributed by atoms with E-state index in [-0.39, 0.29) is 10.7 Å². The average Bonchev–Trinajstić information content (AvgIpc) is 2.86. The predicted octanol–water partition coefficient (Wildman–Crippen LogP) is 2.20. The van der Waals surface area contributed by atoms with E-state index in [0.29, 0.717) is 10.4 Å². The van der Waals surface area contributed by atoms with E-state index in [2.05, 4.69) is 26.0 Å². The summed E-state index contributed by atoms with van der Waals surface area (Å²) < 4.78 is 31.1. The molecule has 0 aliphatic heterocycles. The predicted molar refractivity (Wildman–Crippen MR) is 77.0 cm³/mol. The normalized spacial score (nSPS) is 11.3. The third-order valence-corrected chi connectivity index (χ3v) is 4.31. The monoisotopic (exact) mass is 358 g/mol. The zero-order valence-electron chi connectivity index (χ0n) is 10.4. The first-order valence-electron chi connectivity index (χ1n) is 5.52. The molecule has 0 aliphatic rings. The van der Waals surface area contributed by atoms with Crippen molar-refractivity contribution in [3.8, 4) is 0 Å². The molecular formula is C12H11BrN2O4S. The van der Waals surface area contributed by atoms with Crippen LogP contribution in [0.5, 0.6) is 0 Å². The molecule has 8 heteroatoms. The number of nitrogens with one attached hydrogen (secondary N) is 2. The van der Waals surface area contributed by atoms with Crippen molar-refractivity contribution in [3.05, 3.63) is 46.8 Å². The first kappa shape index (κ1) is 14.8. The average molecular weight is 359 g/mol. The lowest BCUT2D eigenvalue weighted by molar-refractivity contribution is 0.0995. The van der Waals surface area contributed by atoms with Crippen LogP contribution in [0.15, 0.2) is 50.4 Å². The summed E-state index contributed by atoms with van der Waals surface area (Å²) in [4.78, 5) is 11.9. The zero-order valence-corrected chi connectivity index (χ0v) is 12.8. The summed E-state index contributed by atoms with van der Waals surface area (Å²) >= 11 is 3.10. The molecule has 20 heavy (non-hydrogen) atoms. The molecule has 0 radical (unpaired) electrons.